The smallest absolute Gasteiger partial charge is 0.313 e. The standard InChI is InChI=1S/C10H12N8O/c11-8(12)16-9(13)15-6-4-2-1-3-5(6)7-17-18-10(14)19-7/h1-4H,(H2,14,18)(H6,11,12,13,15,16). The van der Waals surface area contributed by atoms with Crippen LogP contribution < -0.4 is 22.9 Å². The third-order valence-corrected chi connectivity index (χ3v) is 2.05. The summed E-state index contributed by atoms with van der Waals surface area (Å²) in [6, 6.07) is 6.95. The van der Waals surface area contributed by atoms with Gasteiger partial charge in [0.1, 0.15) is 0 Å². The van der Waals surface area contributed by atoms with Gasteiger partial charge < -0.3 is 27.4 Å². The first-order valence-corrected chi connectivity index (χ1v) is 5.18. The van der Waals surface area contributed by atoms with E-state index in [9.17, 15) is 0 Å². The second kappa shape index (κ2) is 5.04. The van der Waals surface area contributed by atoms with E-state index < -0.39 is 0 Å². The van der Waals surface area contributed by atoms with E-state index >= 15 is 0 Å². The maximum Gasteiger partial charge on any atom is 0.313 e. The molecule has 2 aromatic rings. The average molecular weight is 260 g/mol. The fourth-order valence-corrected chi connectivity index (χ4v) is 1.38. The van der Waals surface area contributed by atoms with E-state index in [1.54, 1.807) is 24.3 Å². The van der Waals surface area contributed by atoms with Gasteiger partial charge in [-0.1, -0.05) is 17.2 Å². The highest BCUT2D eigenvalue weighted by Crippen LogP contribution is 2.29. The monoisotopic (exact) mass is 260 g/mol. The lowest BCUT2D eigenvalue weighted by Gasteiger charge is -2.01. The highest BCUT2D eigenvalue weighted by molar-refractivity contribution is 5.94. The maximum absolute atomic E-state index is 5.57. The predicted octanol–water partition coefficient (Wildman–Crippen LogP) is -0.462. The average Bonchev–Trinajstić information content (AvgIpc) is 2.75. The second-order valence-corrected chi connectivity index (χ2v) is 3.47. The Kier molecular flexibility index (Phi) is 3.28. The van der Waals surface area contributed by atoms with E-state index in [1.807, 2.05) is 0 Å². The molecule has 98 valence electrons. The molecule has 0 amide bonds. The van der Waals surface area contributed by atoms with Crippen LogP contribution in [-0.4, -0.2) is 22.1 Å². The lowest BCUT2D eigenvalue weighted by molar-refractivity contribution is 0.590. The van der Waals surface area contributed by atoms with Crippen molar-refractivity contribution < 1.29 is 4.42 Å². The number of nitrogen functional groups attached to an aromatic ring is 1. The largest absolute Gasteiger partial charge is 0.403 e. The van der Waals surface area contributed by atoms with E-state index in [4.69, 9.17) is 27.4 Å². The number of aliphatic imine (C=N–C) groups is 2. The molecule has 0 aliphatic heterocycles. The molecular formula is C10H12N8O. The molecule has 0 spiro atoms. The van der Waals surface area contributed by atoms with Crippen LogP contribution in [0.1, 0.15) is 0 Å². The minimum atomic E-state index is -0.180. The number of anilines is 1. The van der Waals surface area contributed by atoms with Crippen LogP contribution in [0.4, 0.5) is 11.7 Å². The first-order valence-electron chi connectivity index (χ1n) is 5.18. The molecule has 0 radical (unpaired) electrons. The Labute approximate surface area is 108 Å². The van der Waals surface area contributed by atoms with Crippen molar-refractivity contribution >= 4 is 23.6 Å². The molecule has 1 aromatic heterocycles. The Bertz CT molecular complexity index is 640. The van der Waals surface area contributed by atoms with Crippen molar-refractivity contribution in [3.63, 3.8) is 0 Å². The third-order valence-electron chi connectivity index (χ3n) is 2.05. The fourth-order valence-electron chi connectivity index (χ4n) is 1.38. The van der Waals surface area contributed by atoms with Gasteiger partial charge in [-0.05, 0) is 12.1 Å². The number of nitrogens with two attached hydrogens (primary N) is 4. The molecule has 0 aliphatic rings. The molecule has 0 fully saturated rings. The summed E-state index contributed by atoms with van der Waals surface area (Å²) < 4.78 is 5.13. The van der Waals surface area contributed by atoms with Gasteiger partial charge >= 0.3 is 6.01 Å². The number of guanidine groups is 2. The Balaban J connectivity index is 2.45. The molecule has 9 nitrogen and oxygen atoms in total. The zero-order chi connectivity index (χ0) is 13.8. The van der Waals surface area contributed by atoms with Gasteiger partial charge in [-0.25, -0.2) is 4.99 Å². The van der Waals surface area contributed by atoms with Gasteiger partial charge in [0.2, 0.25) is 5.96 Å². The minimum Gasteiger partial charge on any atom is -0.403 e. The molecule has 2 rings (SSSR count). The van der Waals surface area contributed by atoms with Crippen molar-refractivity contribution in [2.24, 2.45) is 27.2 Å². The summed E-state index contributed by atoms with van der Waals surface area (Å²) in [5, 5.41) is 7.35. The highest BCUT2D eigenvalue weighted by Gasteiger charge is 2.11. The predicted molar refractivity (Wildman–Crippen MR) is 71.2 cm³/mol. The second-order valence-electron chi connectivity index (χ2n) is 3.47. The SMILES string of the molecule is NC(N)=NC(N)=Nc1ccccc1-c1nnc(N)o1. The summed E-state index contributed by atoms with van der Waals surface area (Å²) in [7, 11) is 0. The van der Waals surface area contributed by atoms with Gasteiger partial charge in [-0.15, -0.1) is 5.10 Å². The summed E-state index contributed by atoms with van der Waals surface area (Å²) >= 11 is 0. The zero-order valence-electron chi connectivity index (χ0n) is 9.82. The summed E-state index contributed by atoms with van der Waals surface area (Å²) in [5.74, 6) is -0.0324. The molecule has 9 heteroatoms. The summed E-state index contributed by atoms with van der Waals surface area (Å²) in [5.41, 5.74) is 22.4. The van der Waals surface area contributed by atoms with Crippen LogP contribution in [0.5, 0.6) is 0 Å². The molecule has 1 heterocycles. The van der Waals surface area contributed by atoms with Crippen molar-refractivity contribution in [3.8, 4) is 11.5 Å². The summed E-state index contributed by atoms with van der Waals surface area (Å²) in [6.07, 6.45) is 0. The molecule has 1 aromatic carbocycles. The van der Waals surface area contributed by atoms with E-state index in [0.717, 1.165) is 0 Å². The third kappa shape index (κ3) is 2.97. The maximum atomic E-state index is 5.57. The molecule has 8 N–H and O–H groups in total. The molecule has 0 atom stereocenters. The minimum absolute atomic E-state index is 0.0361. The zero-order valence-corrected chi connectivity index (χ0v) is 9.82. The summed E-state index contributed by atoms with van der Waals surface area (Å²) in [6.45, 7) is 0. The van der Waals surface area contributed by atoms with Crippen LogP contribution in [0.15, 0.2) is 38.7 Å². The first-order chi connectivity index (χ1) is 9.06. The Morgan fingerprint density at radius 1 is 1.11 bits per heavy atom. The van der Waals surface area contributed by atoms with Crippen molar-refractivity contribution in [3.05, 3.63) is 24.3 Å². The van der Waals surface area contributed by atoms with Gasteiger partial charge in [-0.2, -0.15) is 4.99 Å². The number of rotatable bonds is 2. The molecular weight excluding hydrogens is 248 g/mol. The molecule has 0 saturated heterocycles. The number of nitrogens with zero attached hydrogens (tertiary/aromatic N) is 4. The van der Waals surface area contributed by atoms with Crippen LogP contribution >= 0.6 is 0 Å². The van der Waals surface area contributed by atoms with E-state index in [0.29, 0.717) is 11.3 Å². The van der Waals surface area contributed by atoms with Crippen LogP contribution in [0, 0.1) is 0 Å². The first kappa shape index (κ1) is 12.4. The van der Waals surface area contributed by atoms with E-state index in [1.165, 1.54) is 0 Å². The van der Waals surface area contributed by atoms with E-state index in [-0.39, 0.29) is 23.8 Å². The van der Waals surface area contributed by atoms with Crippen molar-refractivity contribution in [1.82, 2.24) is 10.2 Å². The van der Waals surface area contributed by atoms with Gasteiger partial charge in [0.05, 0.1) is 11.3 Å². The van der Waals surface area contributed by atoms with Crippen LogP contribution in [0.25, 0.3) is 11.5 Å². The number of hydrogen-bond acceptors (Lipinski definition) is 5. The van der Waals surface area contributed by atoms with Crippen molar-refractivity contribution in [2.45, 2.75) is 0 Å². The van der Waals surface area contributed by atoms with Crippen LogP contribution in [0.3, 0.4) is 0 Å². The number of hydrogen-bond donors (Lipinski definition) is 4. The molecule has 0 bridgehead atoms. The Morgan fingerprint density at radius 2 is 1.84 bits per heavy atom. The van der Waals surface area contributed by atoms with Crippen molar-refractivity contribution in [1.29, 1.82) is 0 Å². The van der Waals surface area contributed by atoms with Crippen molar-refractivity contribution in [2.75, 3.05) is 5.73 Å². The van der Waals surface area contributed by atoms with Gasteiger partial charge in [-0.3, -0.25) is 0 Å². The topological polar surface area (TPSA) is 168 Å². The number of para-hydroxylation sites is 1. The van der Waals surface area contributed by atoms with Gasteiger partial charge in [0.25, 0.3) is 5.89 Å². The number of aromatic nitrogens is 2. The molecule has 0 saturated carbocycles. The Morgan fingerprint density at radius 3 is 2.47 bits per heavy atom. The fraction of sp³-hybridized carbons (Fsp3) is 0. The Hall–Kier alpha value is -3.10. The lowest BCUT2D eigenvalue weighted by atomic mass is 10.2. The normalized spacial score (nSPS) is 11.3. The van der Waals surface area contributed by atoms with Gasteiger partial charge in [0, 0.05) is 0 Å². The van der Waals surface area contributed by atoms with Crippen LogP contribution in [0.2, 0.25) is 0 Å². The molecule has 0 aliphatic carbocycles. The summed E-state index contributed by atoms with van der Waals surface area (Å²) in [4.78, 5) is 7.68. The molecule has 19 heavy (non-hydrogen) atoms. The molecule has 0 unspecified atom stereocenters. The van der Waals surface area contributed by atoms with Crippen LogP contribution in [-0.2, 0) is 0 Å². The quantitative estimate of drug-likeness (QED) is 0.418. The highest BCUT2D eigenvalue weighted by atomic mass is 16.4. The van der Waals surface area contributed by atoms with Gasteiger partial charge in [0.15, 0.2) is 5.96 Å². The van der Waals surface area contributed by atoms with E-state index in [2.05, 4.69) is 20.2 Å². The number of benzene rings is 1. The lowest BCUT2D eigenvalue weighted by Crippen LogP contribution is -2.26.